The number of amides is 2. The Morgan fingerprint density at radius 1 is 1.14 bits per heavy atom. The van der Waals surface area contributed by atoms with Crippen LogP contribution in [0.15, 0.2) is 52.9 Å². The Balaban J connectivity index is 1.44. The number of hydrogen-bond acceptors (Lipinski definition) is 5. The maximum absolute atomic E-state index is 14.9. The molecule has 1 fully saturated rings. The highest BCUT2D eigenvalue weighted by atomic mass is 19.3. The number of carbonyl (C=O) groups excluding carboxylic acids is 1. The number of hydrogen-bond donors (Lipinski definition) is 1. The summed E-state index contributed by atoms with van der Waals surface area (Å²) in [6.45, 7) is 2.19. The molecule has 2 amide bonds. The standard InChI is InChI=1S/C24H25F4N5O2/c25-18-8-11-32(12-9-18)13-10-29-24(34)33(19-4-2-1-3-5-19)15-17-7-6-16(14-20(17)26)22-30-31-23(35-22)21(27)28/h1-7,14,18,21H,8-13,15H2,(H,29,34). The molecule has 4 rings (SSSR count). The van der Waals surface area contributed by atoms with Crippen molar-refractivity contribution < 1.29 is 26.8 Å². The van der Waals surface area contributed by atoms with Crippen molar-refractivity contribution in [3.63, 3.8) is 0 Å². The summed E-state index contributed by atoms with van der Waals surface area (Å²) < 4.78 is 58.5. The highest BCUT2D eigenvalue weighted by molar-refractivity contribution is 5.91. The van der Waals surface area contributed by atoms with Crippen LogP contribution in [-0.2, 0) is 6.54 Å². The molecule has 2 heterocycles. The van der Waals surface area contributed by atoms with Crippen LogP contribution in [0, 0.1) is 5.82 Å². The molecule has 1 aliphatic rings. The Morgan fingerprint density at radius 3 is 2.54 bits per heavy atom. The number of halogens is 4. The quantitative estimate of drug-likeness (QED) is 0.451. The van der Waals surface area contributed by atoms with Crippen molar-refractivity contribution in [2.75, 3.05) is 31.1 Å². The first-order chi connectivity index (χ1) is 16.9. The third-order valence-electron chi connectivity index (χ3n) is 5.79. The summed E-state index contributed by atoms with van der Waals surface area (Å²) in [6.07, 6.45) is -2.70. The summed E-state index contributed by atoms with van der Waals surface area (Å²) in [4.78, 5) is 16.5. The summed E-state index contributed by atoms with van der Waals surface area (Å²) in [5.41, 5.74) is 0.940. The molecule has 0 aliphatic carbocycles. The smallest absolute Gasteiger partial charge is 0.322 e. The number of alkyl halides is 3. The number of nitrogens with zero attached hydrogens (tertiary/aromatic N) is 4. The highest BCUT2D eigenvalue weighted by Crippen LogP contribution is 2.26. The molecule has 0 radical (unpaired) electrons. The number of likely N-dealkylation sites (tertiary alicyclic amines) is 1. The van der Waals surface area contributed by atoms with Gasteiger partial charge in [0.05, 0.1) is 6.54 Å². The second kappa shape index (κ2) is 11.3. The van der Waals surface area contributed by atoms with Gasteiger partial charge in [0.1, 0.15) is 12.0 Å². The molecular weight excluding hydrogens is 466 g/mol. The highest BCUT2D eigenvalue weighted by Gasteiger charge is 2.22. The van der Waals surface area contributed by atoms with E-state index in [1.54, 1.807) is 24.3 Å². The first kappa shape index (κ1) is 24.6. The van der Waals surface area contributed by atoms with Gasteiger partial charge in [-0.05, 0) is 37.1 Å². The fraction of sp³-hybridized carbons (Fsp3) is 0.375. The maximum atomic E-state index is 14.9. The number of piperidine rings is 1. The maximum Gasteiger partial charge on any atom is 0.322 e. The molecule has 2 aromatic carbocycles. The molecule has 1 N–H and O–H groups in total. The van der Waals surface area contributed by atoms with Gasteiger partial charge in [-0.25, -0.2) is 13.6 Å². The number of carbonyl (C=O) groups is 1. The fourth-order valence-corrected chi connectivity index (χ4v) is 3.85. The van der Waals surface area contributed by atoms with E-state index in [1.165, 1.54) is 17.0 Å². The topological polar surface area (TPSA) is 74.5 Å². The molecule has 1 aromatic heterocycles. The zero-order valence-electron chi connectivity index (χ0n) is 18.8. The molecule has 11 heteroatoms. The molecule has 7 nitrogen and oxygen atoms in total. The number of aromatic nitrogens is 2. The summed E-state index contributed by atoms with van der Waals surface area (Å²) in [5, 5.41) is 9.63. The molecule has 1 saturated heterocycles. The van der Waals surface area contributed by atoms with Crippen LogP contribution >= 0.6 is 0 Å². The fourth-order valence-electron chi connectivity index (χ4n) is 3.85. The summed E-state index contributed by atoms with van der Waals surface area (Å²) in [7, 11) is 0. The van der Waals surface area contributed by atoms with Crippen LogP contribution in [0.3, 0.4) is 0 Å². The minimum Gasteiger partial charge on any atom is -0.415 e. The molecule has 0 bridgehead atoms. The second-order valence-electron chi connectivity index (χ2n) is 8.22. The molecule has 0 spiro atoms. The largest absolute Gasteiger partial charge is 0.415 e. The van der Waals surface area contributed by atoms with Crippen LogP contribution in [0.25, 0.3) is 11.5 Å². The Hall–Kier alpha value is -3.47. The van der Waals surface area contributed by atoms with Crippen LogP contribution in [-0.4, -0.2) is 53.5 Å². The van der Waals surface area contributed by atoms with E-state index in [-0.39, 0.29) is 23.6 Å². The van der Waals surface area contributed by atoms with Crippen LogP contribution in [0.4, 0.5) is 28.0 Å². The van der Waals surface area contributed by atoms with E-state index >= 15 is 0 Å². The Bertz CT molecular complexity index is 1120. The van der Waals surface area contributed by atoms with E-state index in [0.29, 0.717) is 44.7 Å². The lowest BCUT2D eigenvalue weighted by Gasteiger charge is -2.29. The molecule has 1 aliphatic heterocycles. The van der Waals surface area contributed by atoms with Crippen molar-refractivity contribution in [1.82, 2.24) is 20.4 Å². The molecule has 35 heavy (non-hydrogen) atoms. The Labute approximate surface area is 199 Å². The van der Waals surface area contributed by atoms with Gasteiger partial charge in [-0.15, -0.1) is 10.2 Å². The predicted octanol–water partition coefficient (Wildman–Crippen LogP) is 4.96. The summed E-state index contributed by atoms with van der Waals surface area (Å²) in [6, 6.07) is 12.4. The minimum absolute atomic E-state index is 0.0681. The van der Waals surface area contributed by atoms with E-state index in [2.05, 4.69) is 20.4 Å². The van der Waals surface area contributed by atoms with Crippen molar-refractivity contribution in [3.05, 3.63) is 65.8 Å². The number of nitrogens with one attached hydrogen (secondary N) is 1. The van der Waals surface area contributed by atoms with Gasteiger partial charge < -0.3 is 14.6 Å². The summed E-state index contributed by atoms with van der Waals surface area (Å²) >= 11 is 0. The molecular formula is C24H25F4N5O2. The van der Waals surface area contributed by atoms with Gasteiger partial charge >= 0.3 is 12.5 Å². The number of urea groups is 1. The molecule has 3 aromatic rings. The van der Waals surface area contributed by atoms with Gasteiger partial charge in [-0.2, -0.15) is 8.78 Å². The second-order valence-corrected chi connectivity index (χ2v) is 8.22. The Kier molecular flexibility index (Phi) is 7.96. The average molecular weight is 491 g/mol. The first-order valence-electron chi connectivity index (χ1n) is 11.3. The lowest BCUT2D eigenvalue weighted by molar-refractivity contribution is 0.116. The van der Waals surface area contributed by atoms with Crippen molar-refractivity contribution in [1.29, 1.82) is 0 Å². The van der Waals surface area contributed by atoms with E-state index in [9.17, 15) is 22.4 Å². The molecule has 0 atom stereocenters. The van der Waals surface area contributed by atoms with Crippen LogP contribution in [0.2, 0.25) is 0 Å². The van der Waals surface area contributed by atoms with E-state index in [4.69, 9.17) is 4.42 Å². The van der Waals surface area contributed by atoms with Crippen molar-refractivity contribution in [3.8, 4) is 11.5 Å². The number of para-hydroxylation sites is 1. The van der Waals surface area contributed by atoms with E-state index in [1.807, 2.05) is 6.07 Å². The summed E-state index contributed by atoms with van der Waals surface area (Å²) in [5.74, 6) is -1.72. The van der Waals surface area contributed by atoms with Gasteiger partial charge in [-0.3, -0.25) is 4.90 Å². The molecule has 0 unspecified atom stereocenters. The zero-order chi connectivity index (χ0) is 24.8. The van der Waals surface area contributed by atoms with Crippen molar-refractivity contribution >= 4 is 11.7 Å². The Morgan fingerprint density at radius 2 is 1.89 bits per heavy atom. The van der Waals surface area contributed by atoms with Gasteiger partial charge in [-0.1, -0.05) is 24.3 Å². The van der Waals surface area contributed by atoms with E-state index in [0.717, 1.165) is 6.07 Å². The van der Waals surface area contributed by atoms with Crippen molar-refractivity contribution in [2.24, 2.45) is 0 Å². The third kappa shape index (κ3) is 6.36. The minimum atomic E-state index is -2.92. The van der Waals surface area contributed by atoms with Gasteiger partial charge in [0.15, 0.2) is 0 Å². The SMILES string of the molecule is O=C(NCCN1CCC(F)CC1)N(Cc1ccc(-c2nnc(C(F)F)o2)cc1F)c1ccccc1. The third-order valence-corrected chi connectivity index (χ3v) is 5.79. The monoisotopic (exact) mass is 491 g/mol. The van der Waals surface area contributed by atoms with Crippen molar-refractivity contribution in [2.45, 2.75) is 32.0 Å². The van der Waals surface area contributed by atoms with Crippen LogP contribution in [0.1, 0.15) is 30.7 Å². The van der Waals surface area contributed by atoms with Gasteiger partial charge in [0.2, 0.25) is 5.89 Å². The number of benzene rings is 2. The van der Waals surface area contributed by atoms with Crippen LogP contribution < -0.4 is 10.2 Å². The first-order valence-corrected chi connectivity index (χ1v) is 11.3. The number of anilines is 1. The predicted molar refractivity (Wildman–Crippen MR) is 121 cm³/mol. The van der Waals surface area contributed by atoms with Gasteiger partial charge in [0.25, 0.3) is 5.89 Å². The number of rotatable bonds is 8. The molecule has 186 valence electrons. The van der Waals surface area contributed by atoms with Crippen LogP contribution in [0.5, 0.6) is 0 Å². The average Bonchev–Trinajstić information content (AvgIpc) is 3.36. The van der Waals surface area contributed by atoms with Gasteiger partial charge in [0, 0.05) is 43.0 Å². The normalized spacial score (nSPS) is 14.9. The lowest BCUT2D eigenvalue weighted by Crippen LogP contribution is -2.44. The lowest BCUT2D eigenvalue weighted by atomic mass is 10.1. The molecule has 0 saturated carbocycles. The zero-order valence-corrected chi connectivity index (χ0v) is 18.8. The van der Waals surface area contributed by atoms with E-state index < -0.39 is 30.3 Å².